The Morgan fingerprint density at radius 2 is 2.07 bits per heavy atom. The lowest BCUT2D eigenvalue weighted by atomic mass is 9.96. The average Bonchev–Trinajstić information content (AvgIpc) is 3.17. The van der Waals surface area contributed by atoms with E-state index >= 15 is 0 Å². The van der Waals surface area contributed by atoms with E-state index in [-0.39, 0.29) is 23.0 Å². The van der Waals surface area contributed by atoms with Crippen molar-refractivity contribution in [2.24, 2.45) is 0 Å². The van der Waals surface area contributed by atoms with Crippen molar-refractivity contribution in [1.29, 1.82) is 0 Å². The lowest BCUT2D eigenvalue weighted by Crippen LogP contribution is -2.34. The number of anilines is 1. The lowest BCUT2D eigenvalue weighted by molar-refractivity contribution is -0.384. The number of oxazole rings is 1. The van der Waals surface area contributed by atoms with E-state index in [1.807, 2.05) is 29.2 Å². The predicted octanol–water partition coefficient (Wildman–Crippen LogP) is 3.30. The molecule has 0 saturated carbocycles. The summed E-state index contributed by atoms with van der Waals surface area (Å²) in [6, 6.07) is 8.83. The van der Waals surface area contributed by atoms with Crippen molar-refractivity contribution in [2.45, 2.75) is 18.8 Å². The Morgan fingerprint density at radius 1 is 1.32 bits per heavy atom. The normalized spacial score (nSPS) is 15.0. The van der Waals surface area contributed by atoms with Gasteiger partial charge in [0.2, 0.25) is 5.82 Å². The number of methoxy groups -OCH3 is 1. The van der Waals surface area contributed by atoms with Crippen LogP contribution in [0.2, 0.25) is 0 Å². The number of piperidine rings is 1. The number of fused-ring (bicyclic) bond motifs is 1. The number of aromatic nitrogens is 2. The monoisotopic (exact) mass is 382 g/mol. The van der Waals surface area contributed by atoms with Crippen molar-refractivity contribution in [3.8, 4) is 0 Å². The quantitative estimate of drug-likeness (QED) is 0.384. The van der Waals surface area contributed by atoms with Gasteiger partial charge in [-0.1, -0.05) is 12.1 Å². The topological polar surface area (TPSA) is 112 Å². The number of nitro groups is 1. The van der Waals surface area contributed by atoms with E-state index in [4.69, 9.17) is 4.42 Å². The summed E-state index contributed by atoms with van der Waals surface area (Å²) in [4.78, 5) is 33.2. The van der Waals surface area contributed by atoms with Crippen LogP contribution in [-0.2, 0) is 4.74 Å². The molecule has 1 aliphatic heterocycles. The van der Waals surface area contributed by atoms with Gasteiger partial charge in [-0.15, -0.1) is 0 Å². The number of nitrogens with zero attached hydrogens (tertiary/aromatic N) is 4. The first-order valence-electron chi connectivity index (χ1n) is 8.90. The Bertz CT molecular complexity index is 1010. The minimum absolute atomic E-state index is 0.0549. The molecule has 9 nitrogen and oxygen atoms in total. The van der Waals surface area contributed by atoms with Crippen LogP contribution in [0.3, 0.4) is 0 Å². The van der Waals surface area contributed by atoms with Crippen molar-refractivity contribution < 1.29 is 18.9 Å². The van der Waals surface area contributed by atoms with Gasteiger partial charge in [-0.05, 0) is 25.0 Å². The molecule has 9 heteroatoms. The van der Waals surface area contributed by atoms with Gasteiger partial charge in [-0.2, -0.15) is 0 Å². The zero-order chi connectivity index (χ0) is 19.7. The second-order valence-electron chi connectivity index (χ2n) is 6.60. The van der Waals surface area contributed by atoms with E-state index in [0.717, 1.165) is 23.9 Å². The number of hydrogen-bond donors (Lipinski definition) is 0. The molecular formula is C19H18N4O5. The molecule has 28 heavy (non-hydrogen) atoms. The molecule has 1 fully saturated rings. The fourth-order valence-corrected chi connectivity index (χ4v) is 3.46. The molecule has 0 N–H and O–H groups in total. The van der Waals surface area contributed by atoms with Gasteiger partial charge < -0.3 is 14.1 Å². The highest BCUT2D eigenvalue weighted by molar-refractivity contribution is 5.90. The molecule has 0 unspecified atom stereocenters. The highest BCUT2D eigenvalue weighted by Gasteiger charge is 2.30. The number of esters is 1. The summed E-state index contributed by atoms with van der Waals surface area (Å²) >= 11 is 0. The van der Waals surface area contributed by atoms with Crippen LogP contribution in [0, 0.1) is 10.1 Å². The van der Waals surface area contributed by atoms with E-state index in [9.17, 15) is 14.9 Å². The molecule has 1 aliphatic rings. The summed E-state index contributed by atoms with van der Waals surface area (Å²) in [6.07, 6.45) is 2.79. The average molecular weight is 382 g/mol. The highest BCUT2D eigenvalue weighted by atomic mass is 16.6. The summed E-state index contributed by atoms with van der Waals surface area (Å²) in [5, 5.41) is 11.5. The van der Waals surface area contributed by atoms with Crippen molar-refractivity contribution in [1.82, 2.24) is 9.97 Å². The number of carbonyl (C=O) groups excluding carboxylic acids is 1. The van der Waals surface area contributed by atoms with Gasteiger partial charge in [-0.3, -0.25) is 10.1 Å². The molecule has 0 radical (unpaired) electrons. The van der Waals surface area contributed by atoms with Crippen molar-refractivity contribution in [3.63, 3.8) is 0 Å². The van der Waals surface area contributed by atoms with Gasteiger partial charge in [0, 0.05) is 31.3 Å². The molecule has 0 aliphatic carbocycles. The van der Waals surface area contributed by atoms with Crippen LogP contribution < -0.4 is 4.90 Å². The van der Waals surface area contributed by atoms with Gasteiger partial charge in [0.05, 0.1) is 17.6 Å². The zero-order valence-corrected chi connectivity index (χ0v) is 15.2. The van der Waals surface area contributed by atoms with E-state index in [2.05, 4.69) is 14.7 Å². The number of benzene rings is 1. The van der Waals surface area contributed by atoms with Gasteiger partial charge in [0.15, 0.2) is 11.5 Å². The molecule has 0 bridgehead atoms. The van der Waals surface area contributed by atoms with Crippen LogP contribution >= 0.6 is 0 Å². The molecule has 144 valence electrons. The fraction of sp³-hybridized carbons (Fsp3) is 0.316. The maximum absolute atomic E-state index is 11.6. The van der Waals surface area contributed by atoms with E-state index in [1.165, 1.54) is 19.4 Å². The van der Waals surface area contributed by atoms with Gasteiger partial charge in [0.1, 0.15) is 5.52 Å². The molecule has 0 spiro atoms. The summed E-state index contributed by atoms with van der Waals surface area (Å²) in [5.74, 6) is 0.451. The second-order valence-corrected chi connectivity index (χ2v) is 6.60. The summed E-state index contributed by atoms with van der Waals surface area (Å²) < 4.78 is 10.5. The Kier molecular flexibility index (Phi) is 4.64. The third kappa shape index (κ3) is 3.26. The van der Waals surface area contributed by atoms with E-state index < -0.39 is 10.9 Å². The third-order valence-electron chi connectivity index (χ3n) is 4.92. The molecule has 3 heterocycles. The summed E-state index contributed by atoms with van der Waals surface area (Å²) in [7, 11) is 1.22. The maximum atomic E-state index is 11.6. The smallest absolute Gasteiger partial charge is 0.339 e. The first-order chi connectivity index (χ1) is 13.6. The van der Waals surface area contributed by atoms with Crippen LogP contribution in [-0.4, -0.2) is 41.1 Å². The van der Waals surface area contributed by atoms with Crippen molar-refractivity contribution in [3.05, 3.63) is 58.1 Å². The third-order valence-corrected chi connectivity index (χ3v) is 4.92. The van der Waals surface area contributed by atoms with Crippen LogP contribution in [0.5, 0.6) is 0 Å². The fourth-order valence-electron chi connectivity index (χ4n) is 3.46. The summed E-state index contributed by atoms with van der Waals surface area (Å²) in [5.41, 5.74) is 1.44. The van der Waals surface area contributed by atoms with Crippen molar-refractivity contribution >= 4 is 28.6 Å². The van der Waals surface area contributed by atoms with Gasteiger partial charge in [-0.25, -0.2) is 14.8 Å². The minimum atomic E-state index is -0.656. The second kappa shape index (κ2) is 7.26. The zero-order valence-electron chi connectivity index (χ0n) is 15.2. The lowest BCUT2D eigenvalue weighted by Gasteiger charge is -2.31. The summed E-state index contributed by atoms with van der Waals surface area (Å²) in [6.45, 7) is 1.16. The number of rotatable bonds is 4. The number of pyridine rings is 1. The Labute approximate surface area is 160 Å². The standard InChI is InChI=1S/C19H18N4O5/c1-27-19(24)13-10-15(23(25)26)17(20-11-13)22-8-6-12(7-9-22)18-21-14-4-2-3-5-16(14)28-18/h2-5,10-12H,6-9H2,1H3. The number of hydrogen-bond acceptors (Lipinski definition) is 8. The predicted molar refractivity (Wildman–Crippen MR) is 100 cm³/mol. The largest absolute Gasteiger partial charge is 0.465 e. The maximum Gasteiger partial charge on any atom is 0.339 e. The van der Waals surface area contributed by atoms with Crippen LogP contribution in [0.15, 0.2) is 40.9 Å². The van der Waals surface area contributed by atoms with E-state index in [1.54, 1.807) is 0 Å². The first kappa shape index (κ1) is 17.9. The Balaban J connectivity index is 1.53. The number of carbonyl (C=O) groups is 1. The number of ether oxygens (including phenoxy) is 1. The molecule has 2 aromatic heterocycles. The van der Waals surface area contributed by atoms with Gasteiger partial charge in [0.25, 0.3) is 0 Å². The van der Waals surface area contributed by atoms with Crippen LogP contribution in [0.1, 0.15) is 35.0 Å². The SMILES string of the molecule is COC(=O)c1cnc(N2CCC(c3nc4ccccc4o3)CC2)c([N+](=O)[O-])c1. The number of para-hydroxylation sites is 2. The molecular weight excluding hydrogens is 364 g/mol. The molecule has 4 rings (SSSR count). The highest BCUT2D eigenvalue weighted by Crippen LogP contribution is 2.34. The van der Waals surface area contributed by atoms with Gasteiger partial charge >= 0.3 is 11.7 Å². The Hall–Kier alpha value is -3.49. The Morgan fingerprint density at radius 3 is 2.75 bits per heavy atom. The minimum Gasteiger partial charge on any atom is -0.465 e. The van der Waals surface area contributed by atoms with Crippen LogP contribution in [0.4, 0.5) is 11.5 Å². The molecule has 3 aromatic rings. The molecule has 0 amide bonds. The molecule has 1 saturated heterocycles. The molecule has 1 aromatic carbocycles. The first-order valence-corrected chi connectivity index (χ1v) is 8.90. The van der Waals surface area contributed by atoms with Crippen LogP contribution in [0.25, 0.3) is 11.1 Å². The van der Waals surface area contributed by atoms with E-state index in [0.29, 0.717) is 19.0 Å². The molecule has 0 atom stereocenters. The van der Waals surface area contributed by atoms with Crippen molar-refractivity contribution in [2.75, 3.05) is 25.1 Å².